The van der Waals surface area contributed by atoms with Gasteiger partial charge in [-0.1, -0.05) is 17.7 Å². The van der Waals surface area contributed by atoms with Crippen LogP contribution in [0, 0.1) is 19.8 Å². The van der Waals surface area contributed by atoms with Gasteiger partial charge in [0.25, 0.3) is 5.56 Å². The summed E-state index contributed by atoms with van der Waals surface area (Å²) in [5.74, 6) is -1.75. The Balaban J connectivity index is 1.55. The van der Waals surface area contributed by atoms with Crippen molar-refractivity contribution in [2.75, 3.05) is 35.2 Å². The van der Waals surface area contributed by atoms with Gasteiger partial charge in [-0.2, -0.15) is 4.98 Å². The van der Waals surface area contributed by atoms with Crippen LogP contribution >= 0.6 is 0 Å². The van der Waals surface area contributed by atoms with Crippen LogP contribution in [0.3, 0.4) is 0 Å². The largest absolute Gasteiger partial charge is 0.466 e. The van der Waals surface area contributed by atoms with Gasteiger partial charge in [0.2, 0.25) is 17.8 Å². The molecule has 2 aliphatic rings. The van der Waals surface area contributed by atoms with Gasteiger partial charge in [0.15, 0.2) is 0 Å². The highest BCUT2D eigenvalue weighted by molar-refractivity contribution is 6.04. The van der Waals surface area contributed by atoms with Crippen molar-refractivity contribution in [3.8, 4) is 0 Å². The van der Waals surface area contributed by atoms with E-state index in [-0.39, 0.29) is 35.6 Å². The van der Waals surface area contributed by atoms with Crippen molar-refractivity contribution in [1.29, 1.82) is 0 Å². The zero-order valence-electron chi connectivity index (χ0n) is 19.6. The predicted octanol–water partition coefficient (Wildman–Crippen LogP) is 2.23. The highest BCUT2D eigenvalue weighted by Crippen LogP contribution is 2.31. The molecule has 1 fully saturated rings. The Bertz CT molecular complexity index is 1180. The minimum Gasteiger partial charge on any atom is -0.466 e. The SMILES string of the molecule is CCOC(=O)C1CCN(c2nc3c(c(=O)[nH]2)[C@@H](C(=O)Nc2ccc(C)cc2C)CC(=O)N3)CC1. The molecule has 34 heavy (non-hydrogen) atoms. The van der Waals surface area contributed by atoms with Crippen molar-refractivity contribution in [3.05, 3.63) is 45.2 Å². The molecule has 0 saturated carbocycles. The van der Waals surface area contributed by atoms with Gasteiger partial charge in [-0.3, -0.25) is 24.2 Å². The van der Waals surface area contributed by atoms with E-state index in [4.69, 9.17) is 4.74 Å². The fourth-order valence-corrected chi connectivity index (χ4v) is 4.49. The number of aryl methyl sites for hydroxylation is 2. The molecule has 0 aliphatic carbocycles. The second-order valence-electron chi connectivity index (χ2n) is 8.78. The summed E-state index contributed by atoms with van der Waals surface area (Å²) in [7, 11) is 0. The van der Waals surface area contributed by atoms with E-state index >= 15 is 0 Å². The maximum absolute atomic E-state index is 13.1. The monoisotopic (exact) mass is 467 g/mol. The molecule has 1 saturated heterocycles. The van der Waals surface area contributed by atoms with Crippen LogP contribution in [0.2, 0.25) is 0 Å². The molecule has 4 rings (SSSR count). The third-order valence-corrected chi connectivity index (χ3v) is 6.31. The number of ether oxygens (including phenoxy) is 1. The summed E-state index contributed by atoms with van der Waals surface area (Å²) in [6.07, 6.45) is 1.01. The van der Waals surface area contributed by atoms with Crippen LogP contribution in [0.15, 0.2) is 23.0 Å². The molecular formula is C24H29N5O5. The predicted molar refractivity (Wildman–Crippen MR) is 127 cm³/mol. The number of nitrogens with one attached hydrogen (secondary N) is 3. The molecule has 2 aliphatic heterocycles. The molecule has 2 aromatic rings. The molecule has 0 spiro atoms. The Hall–Kier alpha value is -3.69. The second kappa shape index (κ2) is 9.66. The highest BCUT2D eigenvalue weighted by Gasteiger charge is 2.36. The number of nitrogens with zero attached hydrogens (tertiary/aromatic N) is 2. The zero-order chi connectivity index (χ0) is 24.4. The summed E-state index contributed by atoms with van der Waals surface area (Å²) in [4.78, 5) is 59.6. The van der Waals surface area contributed by atoms with Crippen molar-refractivity contribution in [2.45, 2.75) is 46.0 Å². The molecule has 0 unspecified atom stereocenters. The maximum Gasteiger partial charge on any atom is 0.309 e. The standard InChI is InChI=1S/C24H29N5O5/c1-4-34-23(33)15-7-9-29(10-8-15)24-27-20-19(22(32)28-24)16(12-18(30)26-20)21(31)25-17-6-5-13(2)11-14(17)3/h5-6,11,15-16H,4,7-10,12H2,1-3H3,(H,25,31)(H2,26,27,28,30,32)/t16-/m0/s1. The van der Waals surface area contributed by atoms with Gasteiger partial charge in [0.05, 0.1) is 24.0 Å². The molecule has 0 bridgehead atoms. The molecule has 1 atom stereocenters. The number of hydrogen-bond donors (Lipinski definition) is 3. The first-order valence-corrected chi connectivity index (χ1v) is 11.5. The number of amides is 2. The van der Waals surface area contributed by atoms with E-state index in [1.54, 1.807) is 13.0 Å². The first-order chi connectivity index (χ1) is 16.3. The van der Waals surface area contributed by atoms with Gasteiger partial charge < -0.3 is 20.3 Å². The van der Waals surface area contributed by atoms with E-state index in [1.807, 2.05) is 30.9 Å². The van der Waals surface area contributed by atoms with E-state index < -0.39 is 17.4 Å². The average Bonchev–Trinajstić information content (AvgIpc) is 2.80. The number of hydrogen-bond acceptors (Lipinski definition) is 7. The number of rotatable bonds is 5. The summed E-state index contributed by atoms with van der Waals surface area (Å²) in [5.41, 5.74) is 2.27. The van der Waals surface area contributed by atoms with Crippen LogP contribution < -0.4 is 21.1 Å². The molecule has 10 heteroatoms. The van der Waals surface area contributed by atoms with Crippen LogP contribution in [0.4, 0.5) is 17.5 Å². The fourth-order valence-electron chi connectivity index (χ4n) is 4.49. The summed E-state index contributed by atoms with van der Waals surface area (Å²) >= 11 is 0. The number of benzene rings is 1. The van der Waals surface area contributed by atoms with Gasteiger partial charge in [0.1, 0.15) is 5.82 Å². The molecule has 1 aromatic carbocycles. The lowest BCUT2D eigenvalue weighted by Gasteiger charge is -2.32. The van der Waals surface area contributed by atoms with Gasteiger partial charge in [-0.25, -0.2) is 0 Å². The molecule has 0 radical (unpaired) electrons. The third-order valence-electron chi connectivity index (χ3n) is 6.31. The summed E-state index contributed by atoms with van der Waals surface area (Å²) in [6.45, 7) is 6.99. The van der Waals surface area contributed by atoms with Gasteiger partial charge in [0, 0.05) is 25.2 Å². The number of aromatic amines is 1. The van der Waals surface area contributed by atoms with E-state index in [9.17, 15) is 19.2 Å². The number of fused-ring (bicyclic) bond motifs is 1. The highest BCUT2D eigenvalue weighted by atomic mass is 16.5. The fraction of sp³-hybridized carbons (Fsp3) is 0.458. The Morgan fingerprint density at radius 3 is 2.62 bits per heavy atom. The first kappa shape index (κ1) is 23.5. The Kier molecular flexibility index (Phi) is 6.67. The number of anilines is 3. The van der Waals surface area contributed by atoms with Crippen LogP contribution in [-0.2, 0) is 19.1 Å². The minimum atomic E-state index is -0.954. The zero-order valence-corrected chi connectivity index (χ0v) is 19.6. The van der Waals surface area contributed by atoms with E-state index in [0.717, 1.165) is 11.1 Å². The number of carbonyl (C=O) groups is 3. The number of piperidine rings is 1. The van der Waals surface area contributed by atoms with E-state index in [0.29, 0.717) is 44.2 Å². The lowest BCUT2D eigenvalue weighted by Crippen LogP contribution is -2.41. The summed E-state index contributed by atoms with van der Waals surface area (Å²) in [5, 5.41) is 5.49. The average molecular weight is 468 g/mol. The molecule has 2 amide bonds. The van der Waals surface area contributed by atoms with Gasteiger partial charge in [-0.05, 0) is 45.2 Å². The Morgan fingerprint density at radius 1 is 1.21 bits per heavy atom. The van der Waals surface area contributed by atoms with E-state index in [1.165, 1.54) is 0 Å². The van der Waals surface area contributed by atoms with Crippen molar-refractivity contribution in [2.24, 2.45) is 5.92 Å². The van der Waals surface area contributed by atoms with Crippen LogP contribution in [-0.4, -0.2) is 47.4 Å². The Labute approximate surface area is 197 Å². The van der Waals surface area contributed by atoms with Crippen molar-refractivity contribution >= 4 is 35.2 Å². The van der Waals surface area contributed by atoms with Crippen molar-refractivity contribution < 1.29 is 19.1 Å². The van der Waals surface area contributed by atoms with Crippen LogP contribution in [0.1, 0.15) is 48.8 Å². The van der Waals surface area contributed by atoms with E-state index in [2.05, 4.69) is 20.6 Å². The normalized spacial score (nSPS) is 18.1. The molecule has 1 aromatic heterocycles. The van der Waals surface area contributed by atoms with Crippen molar-refractivity contribution in [1.82, 2.24) is 9.97 Å². The minimum absolute atomic E-state index is 0.100. The Morgan fingerprint density at radius 2 is 1.94 bits per heavy atom. The lowest BCUT2D eigenvalue weighted by molar-refractivity contribution is -0.148. The third kappa shape index (κ3) is 4.80. The summed E-state index contributed by atoms with van der Waals surface area (Å²) in [6, 6.07) is 5.64. The molecule has 3 N–H and O–H groups in total. The number of H-pyrrole nitrogens is 1. The number of carbonyl (C=O) groups excluding carboxylic acids is 3. The molecule has 10 nitrogen and oxygen atoms in total. The van der Waals surface area contributed by atoms with Crippen LogP contribution in [0.25, 0.3) is 0 Å². The molecule has 3 heterocycles. The number of aromatic nitrogens is 2. The smallest absolute Gasteiger partial charge is 0.309 e. The lowest BCUT2D eigenvalue weighted by atomic mass is 9.92. The topological polar surface area (TPSA) is 133 Å². The summed E-state index contributed by atoms with van der Waals surface area (Å²) < 4.78 is 5.10. The van der Waals surface area contributed by atoms with Gasteiger partial charge in [-0.15, -0.1) is 0 Å². The molecule has 180 valence electrons. The quantitative estimate of drug-likeness (QED) is 0.574. The van der Waals surface area contributed by atoms with Crippen LogP contribution in [0.5, 0.6) is 0 Å². The number of esters is 1. The van der Waals surface area contributed by atoms with Crippen molar-refractivity contribution in [3.63, 3.8) is 0 Å². The first-order valence-electron chi connectivity index (χ1n) is 11.5. The maximum atomic E-state index is 13.1. The molecular weight excluding hydrogens is 438 g/mol. The van der Waals surface area contributed by atoms with Gasteiger partial charge >= 0.3 is 5.97 Å². The second-order valence-corrected chi connectivity index (χ2v) is 8.78.